The lowest BCUT2D eigenvalue weighted by atomic mass is 9.92. The Kier molecular flexibility index (Phi) is 4.34. The molecule has 1 saturated heterocycles. The lowest BCUT2D eigenvalue weighted by Gasteiger charge is -2.30. The van der Waals surface area contributed by atoms with E-state index in [9.17, 15) is 5.11 Å². The highest BCUT2D eigenvalue weighted by Crippen LogP contribution is 2.37. The van der Waals surface area contributed by atoms with Crippen molar-refractivity contribution in [1.29, 1.82) is 0 Å². The van der Waals surface area contributed by atoms with Gasteiger partial charge < -0.3 is 9.84 Å². The zero-order chi connectivity index (χ0) is 13.1. The van der Waals surface area contributed by atoms with Gasteiger partial charge >= 0.3 is 0 Å². The van der Waals surface area contributed by atoms with E-state index in [0.717, 1.165) is 18.4 Å². The van der Waals surface area contributed by atoms with Gasteiger partial charge in [-0.3, -0.25) is 0 Å². The molecule has 1 aliphatic rings. The first-order valence-electron chi connectivity index (χ1n) is 6.15. The molecule has 2 heteroatoms. The Bertz CT molecular complexity index is 328. The fourth-order valence-corrected chi connectivity index (χ4v) is 2.08. The molecular weight excluding hydrogens is 212 g/mol. The summed E-state index contributed by atoms with van der Waals surface area (Å²) < 4.78 is 5.90. The molecule has 17 heavy (non-hydrogen) atoms. The highest BCUT2D eigenvalue weighted by atomic mass is 16.5. The van der Waals surface area contributed by atoms with Crippen LogP contribution in [0.15, 0.2) is 37.0 Å². The second-order valence-corrected chi connectivity index (χ2v) is 5.47. The van der Waals surface area contributed by atoms with Crippen molar-refractivity contribution < 1.29 is 9.84 Å². The highest BCUT2D eigenvalue weighted by molar-refractivity contribution is 5.12. The van der Waals surface area contributed by atoms with E-state index in [1.54, 1.807) is 0 Å². The van der Waals surface area contributed by atoms with Crippen LogP contribution < -0.4 is 0 Å². The van der Waals surface area contributed by atoms with Crippen molar-refractivity contribution in [3.8, 4) is 0 Å². The summed E-state index contributed by atoms with van der Waals surface area (Å²) in [5.74, 6) is 0. The van der Waals surface area contributed by atoms with Gasteiger partial charge in [0.25, 0.3) is 0 Å². The first kappa shape index (κ1) is 14.2. The Morgan fingerprint density at radius 2 is 2.29 bits per heavy atom. The number of rotatable bonds is 5. The molecular formula is C15H24O2. The predicted molar refractivity (Wildman–Crippen MR) is 71.9 cm³/mol. The molecule has 1 heterocycles. The molecule has 0 saturated carbocycles. The van der Waals surface area contributed by atoms with Crippen molar-refractivity contribution in [1.82, 2.24) is 0 Å². The van der Waals surface area contributed by atoms with Crippen LogP contribution in [0.4, 0.5) is 0 Å². The van der Waals surface area contributed by atoms with Gasteiger partial charge in [-0.05, 0) is 40.0 Å². The van der Waals surface area contributed by atoms with Crippen molar-refractivity contribution in [2.45, 2.75) is 57.3 Å². The molecule has 0 aliphatic carbocycles. The van der Waals surface area contributed by atoms with E-state index in [1.165, 1.54) is 0 Å². The zero-order valence-corrected chi connectivity index (χ0v) is 11.2. The Labute approximate surface area is 105 Å². The van der Waals surface area contributed by atoms with Crippen molar-refractivity contribution in [2.75, 3.05) is 0 Å². The van der Waals surface area contributed by atoms with Crippen LogP contribution in [-0.2, 0) is 4.74 Å². The van der Waals surface area contributed by atoms with E-state index in [0.29, 0.717) is 6.42 Å². The normalized spacial score (nSPS) is 32.6. The first-order chi connectivity index (χ1) is 7.79. The van der Waals surface area contributed by atoms with Gasteiger partial charge in [-0.2, -0.15) is 0 Å². The second-order valence-electron chi connectivity index (χ2n) is 5.47. The first-order valence-corrected chi connectivity index (χ1v) is 6.15. The zero-order valence-electron chi connectivity index (χ0n) is 11.2. The van der Waals surface area contributed by atoms with Crippen LogP contribution in [0, 0.1) is 0 Å². The number of allylic oxidation sites excluding steroid dienone is 2. The van der Waals surface area contributed by atoms with Gasteiger partial charge in [-0.1, -0.05) is 30.4 Å². The third-order valence-electron chi connectivity index (χ3n) is 3.37. The monoisotopic (exact) mass is 236 g/mol. The molecule has 0 aromatic rings. The SMILES string of the molecule is C=C[C@@]1(C)CC[C@@H]([C@](C)(O)CC=CC(=C)C)O1. The minimum Gasteiger partial charge on any atom is -0.387 e. The van der Waals surface area contributed by atoms with Crippen LogP contribution >= 0.6 is 0 Å². The molecule has 0 unspecified atom stereocenters. The summed E-state index contributed by atoms with van der Waals surface area (Å²) in [7, 11) is 0. The number of hydrogen-bond donors (Lipinski definition) is 1. The van der Waals surface area contributed by atoms with Gasteiger partial charge in [0.05, 0.1) is 17.3 Å². The van der Waals surface area contributed by atoms with Crippen LogP contribution in [0.2, 0.25) is 0 Å². The average molecular weight is 236 g/mol. The van der Waals surface area contributed by atoms with Gasteiger partial charge in [0, 0.05) is 0 Å². The molecule has 0 aromatic heterocycles. The van der Waals surface area contributed by atoms with Crippen LogP contribution in [0.5, 0.6) is 0 Å². The third-order valence-corrected chi connectivity index (χ3v) is 3.37. The lowest BCUT2D eigenvalue weighted by molar-refractivity contribution is -0.107. The van der Waals surface area contributed by atoms with E-state index >= 15 is 0 Å². The standard InChI is InChI=1S/C15H24O2/c1-6-14(4)11-9-13(17-14)15(5,16)10-7-8-12(2)3/h6-8,13,16H,1-2,9-11H2,3-5H3/t13-,14-,15+/m0/s1. The van der Waals surface area contributed by atoms with Crippen molar-refractivity contribution in [2.24, 2.45) is 0 Å². The summed E-state index contributed by atoms with van der Waals surface area (Å²) in [6, 6.07) is 0. The van der Waals surface area contributed by atoms with Gasteiger partial charge in [0.1, 0.15) is 0 Å². The summed E-state index contributed by atoms with van der Waals surface area (Å²) >= 11 is 0. The minimum absolute atomic E-state index is 0.125. The van der Waals surface area contributed by atoms with E-state index in [-0.39, 0.29) is 11.7 Å². The maximum absolute atomic E-state index is 10.4. The summed E-state index contributed by atoms with van der Waals surface area (Å²) in [6.45, 7) is 13.4. The summed E-state index contributed by atoms with van der Waals surface area (Å²) in [5, 5.41) is 10.4. The lowest BCUT2D eigenvalue weighted by Crippen LogP contribution is -2.40. The Morgan fingerprint density at radius 1 is 1.65 bits per heavy atom. The third kappa shape index (κ3) is 3.83. The summed E-state index contributed by atoms with van der Waals surface area (Å²) in [5.41, 5.74) is -0.122. The average Bonchev–Trinajstić information content (AvgIpc) is 2.62. The van der Waals surface area contributed by atoms with E-state index in [1.807, 2.05) is 39.0 Å². The Morgan fingerprint density at radius 3 is 2.76 bits per heavy atom. The molecule has 96 valence electrons. The predicted octanol–water partition coefficient (Wildman–Crippen LogP) is 3.38. The minimum atomic E-state index is -0.827. The van der Waals surface area contributed by atoms with E-state index < -0.39 is 5.60 Å². The topological polar surface area (TPSA) is 29.5 Å². The summed E-state index contributed by atoms with van der Waals surface area (Å²) in [6.07, 6.45) is 7.95. The number of aliphatic hydroxyl groups is 1. The molecule has 2 nitrogen and oxygen atoms in total. The highest BCUT2D eigenvalue weighted by Gasteiger charge is 2.42. The van der Waals surface area contributed by atoms with Crippen LogP contribution in [0.3, 0.4) is 0 Å². The van der Waals surface area contributed by atoms with Gasteiger partial charge in [0.2, 0.25) is 0 Å². The number of ether oxygens (including phenoxy) is 1. The van der Waals surface area contributed by atoms with Gasteiger partial charge in [-0.15, -0.1) is 6.58 Å². The maximum Gasteiger partial charge on any atom is 0.0915 e. The molecule has 1 N–H and O–H groups in total. The molecule has 0 amide bonds. The van der Waals surface area contributed by atoms with Crippen molar-refractivity contribution in [3.05, 3.63) is 37.0 Å². The Hall–Kier alpha value is -0.860. The number of hydrogen-bond acceptors (Lipinski definition) is 2. The largest absolute Gasteiger partial charge is 0.387 e. The molecule has 3 atom stereocenters. The quantitative estimate of drug-likeness (QED) is 0.585. The summed E-state index contributed by atoms with van der Waals surface area (Å²) in [4.78, 5) is 0. The van der Waals surface area contributed by atoms with E-state index in [2.05, 4.69) is 13.2 Å². The van der Waals surface area contributed by atoms with Crippen LogP contribution in [-0.4, -0.2) is 22.4 Å². The van der Waals surface area contributed by atoms with E-state index in [4.69, 9.17) is 4.74 Å². The maximum atomic E-state index is 10.4. The molecule has 0 aromatic carbocycles. The molecule has 1 aliphatic heterocycles. The molecule has 0 spiro atoms. The van der Waals surface area contributed by atoms with Gasteiger partial charge in [-0.25, -0.2) is 0 Å². The van der Waals surface area contributed by atoms with Crippen LogP contribution in [0.1, 0.15) is 40.0 Å². The molecule has 1 rings (SSSR count). The fraction of sp³-hybridized carbons (Fsp3) is 0.600. The Balaban J connectivity index is 2.60. The van der Waals surface area contributed by atoms with Crippen LogP contribution in [0.25, 0.3) is 0 Å². The molecule has 0 bridgehead atoms. The second kappa shape index (κ2) is 5.19. The van der Waals surface area contributed by atoms with Gasteiger partial charge in [0.15, 0.2) is 0 Å². The fourth-order valence-electron chi connectivity index (χ4n) is 2.08. The van der Waals surface area contributed by atoms with Crippen molar-refractivity contribution >= 4 is 0 Å². The molecule has 0 radical (unpaired) electrons. The molecule has 1 fully saturated rings. The van der Waals surface area contributed by atoms with Crippen molar-refractivity contribution in [3.63, 3.8) is 0 Å². The smallest absolute Gasteiger partial charge is 0.0915 e.